The summed E-state index contributed by atoms with van der Waals surface area (Å²) in [7, 11) is 0. The van der Waals surface area contributed by atoms with Crippen molar-refractivity contribution in [2.45, 2.75) is 18.4 Å². The van der Waals surface area contributed by atoms with Crippen molar-refractivity contribution < 1.29 is 23.7 Å². The van der Waals surface area contributed by atoms with Gasteiger partial charge in [0.25, 0.3) is 0 Å². The summed E-state index contributed by atoms with van der Waals surface area (Å²) in [6.45, 7) is 2.41. The summed E-state index contributed by atoms with van der Waals surface area (Å²) in [6.07, 6.45) is 0.815. The van der Waals surface area contributed by atoms with Gasteiger partial charge in [0.05, 0.1) is 13.2 Å². The van der Waals surface area contributed by atoms with Gasteiger partial charge in [-0.2, -0.15) is 0 Å². The molecule has 5 rings (SSSR count). The van der Waals surface area contributed by atoms with E-state index in [4.69, 9.17) is 18.9 Å². The number of amides is 1. The van der Waals surface area contributed by atoms with Crippen molar-refractivity contribution in [2.75, 3.05) is 33.1 Å². The summed E-state index contributed by atoms with van der Waals surface area (Å²) in [5.41, 5.74) is 1.26. The second-order valence-electron chi connectivity index (χ2n) is 7.46. The molecule has 2 fully saturated rings. The molecule has 0 aromatic heterocycles. The van der Waals surface area contributed by atoms with Crippen molar-refractivity contribution in [3.05, 3.63) is 54.1 Å². The zero-order valence-corrected chi connectivity index (χ0v) is 15.6. The highest BCUT2D eigenvalue weighted by Crippen LogP contribution is 2.48. The molecule has 6 nitrogen and oxygen atoms in total. The second-order valence-corrected chi connectivity index (χ2v) is 7.46. The molecule has 1 amide bonds. The van der Waals surface area contributed by atoms with E-state index in [2.05, 4.69) is 12.1 Å². The Kier molecular flexibility index (Phi) is 4.56. The first-order valence-electron chi connectivity index (χ1n) is 9.76. The summed E-state index contributed by atoms with van der Waals surface area (Å²) in [5, 5.41) is 0. The van der Waals surface area contributed by atoms with E-state index in [9.17, 15) is 4.79 Å². The summed E-state index contributed by atoms with van der Waals surface area (Å²) in [5.74, 6) is 2.85. The van der Waals surface area contributed by atoms with Crippen LogP contribution in [-0.2, 0) is 9.53 Å². The third-order valence-electron chi connectivity index (χ3n) is 5.57. The number of ether oxygens (including phenoxy) is 4. The zero-order chi connectivity index (χ0) is 18.9. The van der Waals surface area contributed by atoms with Gasteiger partial charge in [-0.25, -0.2) is 0 Å². The van der Waals surface area contributed by atoms with E-state index in [0.717, 1.165) is 12.2 Å². The number of hydrogen-bond donors (Lipinski definition) is 0. The van der Waals surface area contributed by atoms with E-state index in [1.807, 2.05) is 41.3 Å². The minimum atomic E-state index is -0.128. The average Bonchev–Trinajstić information content (AvgIpc) is 3.42. The number of carbonyl (C=O) groups is 1. The molecule has 0 radical (unpaired) electrons. The number of fused-ring (bicyclic) bond motifs is 1. The Hall–Kier alpha value is -2.73. The van der Waals surface area contributed by atoms with E-state index in [1.165, 1.54) is 5.56 Å². The van der Waals surface area contributed by atoms with Crippen LogP contribution in [-0.4, -0.2) is 50.0 Å². The Morgan fingerprint density at radius 1 is 1.11 bits per heavy atom. The molecule has 1 saturated heterocycles. The van der Waals surface area contributed by atoms with Gasteiger partial charge in [0.2, 0.25) is 12.7 Å². The molecule has 1 saturated carbocycles. The molecule has 2 heterocycles. The molecule has 0 spiro atoms. The summed E-state index contributed by atoms with van der Waals surface area (Å²) >= 11 is 0. The average molecular weight is 381 g/mol. The lowest BCUT2D eigenvalue weighted by Crippen LogP contribution is -2.48. The van der Waals surface area contributed by atoms with Gasteiger partial charge in [0.15, 0.2) is 11.5 Å². The Morgan fingerprint density at radius 2 is 1.96 bits per heavy atom. The maximum Gasteiger partial charge on any atom is 0.231 e. The number of rotatable bonds is 5. The van der Waals surface area contributed by atoms with Gasteiger partial charge in [-0.1, -0.05) is 30.3 Å². The third-order valence-corrected chi connectivity index (χ3v) is 5.57. The normalized spacial score (nSPS) is 25.4. The molecular weight excluding hydrogens is 358 g/mol. The van der Waals surface area contributed by atoms with Crippen LogP contribution < -0.4 is 14.2 Å². The predicted molar refractivity (Wildman–Crippen MR) is 102 cm³/mol. The van der Waals surface area contributed by atoms with E-state index in [1.54, 1.807) is 0 Å². The standard InChI is InChI=1S/C22H23NO5/c24-22(19-11-18(19)15-4-2-1-3-5-15)23-8-9-25-17(12-23)13-26-16-6-7-20-21(10-16)28-14-27-20/h1-7,10,17-19H,8-9,11-14H2/t17?,18-,19+/m0/s1. The van der Waals surface area contributed by atoms with Crippen LogP contribution in [0.25, 0.3) is 0 Å². The fourth-order valence-corrected chi connectivity index (χ4v) is 3.95. The minimum Gasteiger partial charge on any atom is -0.491 e. The smallest absolute Gasteiger partial charge is 0.231 e. The zero-order valence-electron chi connectivity index (χ0n) is 15.6. The lowest BCUT2D eigenvalue weighted by Gasteiger charge is -2.33. The Morgan fingerprint density at radius 3 is 2.86 bits per heavy atom. The highest BCUT2D eigenvalue weighted by atomic mass is 16.7. The third kappa shape index (κ3) is 3.52. The van der Waals surface area contributed by atoms with Crippen LogP contribution in [0.1, 0.15) is 17.9 Å². The van der Waals surface area contributed by atoms with E-state index in [-0.39, 0.29) is 24.7 Å². The van der Waals surface area contributed by atoms with Crippen molar-refractivity contribution in [3.63, 3.8) is 0 Å². The molecule has 0 bridgehead atoms. The molecule has 0 N–H and O–H groups in total. The highest BCUT2D eigenvalue weighted by Gasteiger charge is 2.46. The van der Waals surface area contributed by atoms with Gasteiger partial charge >= 0.3 is 0 Å². The van der Waals surface area contributed by atoms with Gasteiger partial charge in [-0.05, 0) is 30.0 Å². The van der Waals surface area contributed by atoms with Crippen LogP contribution >= 0.6 is 0 Å². The number of carbonyl (C=O) groups excluding carboxylic acids is 1. The molecule has 28 heavy (non-hydrogen) atoms. The number of benzene rings is 2. The van der Waals surface area contributed by atoms with Crippen LogP contribution in [0.4, 0.5) is 0 Å². The lowest BCUT2D eigenvalue weighted by molar-refractivity contribution is -0.141. The SMILES string of the molecule is O=C([C@@H]1C[C@H]1c1ccccc1)N1CCOC(COc2ccc3c(c2)OCO3)C1. The van der Waals surface area contributed by atoms with E-state index >= 15 is 0 Å². The summed E-state index contributed by atoms with van der Waals surface area (Å²) in [6, 6.07) is 15.8. The molecule has 1 aliphatic carbocycles. The monoisotopic (exact) mass is 381 g/mol. The van der Waals surface area contributed by atoms with Crippen LogP contribution in [0.5, 0.6) is 17.2 Å². The van der Waals surface area contributed by atoms with E-state index < -0.39 is 0 Å². The minimum absolute atomic E-state index is 0.107. The molecule has 2 aromatic carbocycles. The van der Waals surface area contributed by atoms with Crippen LogP contribution in [0.15, 0.2) is 48.5 Å². The Balaban J connectivity index is 1.15. The number of hydrogen-bond acceptors (Lipinski definition) is 5. The van der Waals surface area contributed by atoms with Crippen molar-refractivity contribution in [1.29, 1.82) is 0 Å². The number of morpholine rings is 1. The summed E-state index contributed by atoms with van der Waals surface area (Å²) < 4.78 is 22.4. The van der Waals surface area contributed by atoms with E-state index in [0.29, 0.717) is 43.7 Å². The molecule has 2 aromatic rings. The molecule has 146 valence electrons. The first-order valence-corrected chi connectivity index (χ1v) is 9.76. The highest BCUT2D eigenvalue weighted by molar-refractivity contribution is 5.83. The topological polar surface area (TPSA) is 57.2 Å². The van der Waals surface area contributed by atoms with Crippen molar-refractivity contribution in [2.24, 2.45) is 5.92 Å². The molecule has 3 aliphatic rings. The van der Waals surface area contributed by atoms with Gasteiger partial charge in [0.1, 0.15) is 18.5 Å². The van der Waals surface area contributed by atoms with Gasteiger partial charge in [-0.3, -0.25) is 4.79 Å². The predicted octanol–water partition coefficient (Wildman–Crippen LogP) is 2.83. The molecule has 1 unspecified atom stereocenters. The lowest BCUT2D eigenvalue weighted by atomic mass is 10.1. The maximum absolute atomic E-state index is 12.9. The molecule has 2 aliphatic heterocycles. The Bertz CT molecular complexity index is 855. The summed E-state index contributed by atoms with van der Waals surface area (Å²) in [4.78, 5) is 14.8. The quantitative estimate of drug-likeness (QED) is 0.797. The van der Waals surface area contributed by atoms with Crippen molar-refractivity contribution in [3.8, 4) is 17.2 Å². The molecule has 3 atom stereocenters. The second kappa shape index (κ2) is 7.36. The van der Waals surface area contributed by atoms with Gasteiger partial charge < -0.3 is 23.8 Å². The number of nitrogens with zero attached hydrogens (tertiary/aromatic N) is 1. The van der Waals surface area contributed by atoms with Gasteiger partial charge in [-0.15, -0.1) is 0 Å². The first-order chi connectivity index (χ1) is 13.8. The molecular formula is C22H23NO5. The first kappa shape index (κ1) is 17.4. The fraction of sp³-hybridized carbons (Fsp3) is 0.409. The van der Waals surface area contributed by atoms with Crippen molar-refractivity contribution >= 4 is 5.91 Å². The maximum atomic E-state index is 12.9. The van der Waals surface area contributed by atoms with Gasteiger partial charge in [0, 0.05) is 18.5 Å². The largest absolute Gasteiger partial charge is 0.491 e. The Labute approximate surface area is 163 Å². The van der Waals surface area contributed by atoms with Crippen LogP contribution in [0.2, 0.25) is 0 Å². The van der Waals surface area contributed by atoms with Crippen LogP contribution in [0, 0.1) is 5.92 Å². The van der Waals surface area contributed by atoms with Crippen LogP contribution in [0.3, 0.4) is 0 Å². The molecule has 6 heteroatoms. The fourth-order valence-electron chi connectivity index (χ4n) is 3.95. The van der Waals surface area contributed by atoms with Crippen molar-refractivity contribution in [1.82, 2.24) is 4.90 Å².